The number of carbonyl (C=O) groups is 2. The first-order valence-electron chi connectivity index (χ1n) is 11.6. The summed E-state index contributed by atoms with van der Waals surface area (Å²) in [6, 6.07) is 12.8. The van der Waals surface area contributed by atoms with Crippen LogP contribution < -0.4 is 10.1 Å². The van der Waals surface area contributed by atoms with Crippen molar-refractivity contribution in [1.82, 2.24) is 10.2 Å². The second kappa shape index (κ2) is 9.91. The molecule has 2 fully saturated rings. The Bertz CT molecular complexity index is 967. The lowest BCUT2D eigenvalue weighted by Crippen LogP contribution is -2.47. The van der Waals surface area contributed by atoms with Crippen LogP contribution in [0.2, 0.25) is 0 Å². The van der Waals surface area contributed by atoms with Gasteiger partial charge in [-0.15, -0.1) is 0 Å². The van der Waals surface area contributed by atoms with Crippen molar-refractivity contribution in [1.29, 1.82) is 0 Å². The quantitative estimate of drug-likeness (QED) is 0.711. The minimum atomic E-state index is -0.348. The molecule has 176 valence electrons. The minimum absolute atomic E-state index is 0.0307. The smallest absolute Gasteiger partial charge is 0.253 e. The molecule has 2 heterocycles. The summed E-state index contributed by atoms with van der Waals surface area (Å²) >= 11 is 0. The summed E-state index contributed by atoms with van der Waals surface area (Å²) in [5.41, 5.74) is 0.862. The molecule has 33 heavy (non-hydrogen) atoms. The van der Waals surface area contributed by atoms with Crippen LogP contribution in [0, 0.1) is 5.82 Å². The first kappa shape index (κ1) is 23.2. The lowest BCUT2D eigenvalue weighted by Gasteiger charge is -2.39. The number of likely N-dealkylation sites (tertiary alicyclic amines) is 1. The van der Waals surface area contributed by atoms with E-state index in [1.807, 2.05) is 18.7 Å². The second-order valence-corrected chi connectivity index (χ2v) is 9.16. The number of halogens is 1. The van der Waals surface area contributed by atoms with Gasteiger partial charge in [-0.2, -0.15) is 0 Å². The number of piperidine rings is 1. The highest BCUT2D eigenvalue weighted by Crippen LogP contribution is 2.39. The van der Waals surface area contributed by atoms with Gasteiger partial charge in [0.1, 0.15) is 11.6 Å². The third-order valence-corrected chi connectivity index (χ3v) is 6.37. The Morgan fingerprint density at radius 3 is 2.33 bits per heavy atom. The van der Waals surface area contributed by atoms with Crippen molar-refractivity contribution in [2.75, 3.05) is 19.6 Å². The molecule has 0 unspecified atom stereocenters. The van der Waals surface area contributed by atoms with Gasteiger partial charge in [-0.25, -0.2) is 4.39 Å². The number of nitrogens with zero attached hydrogens (tertiary/aromatic N) is 1. The molecular formula is C26H31FN2O4. The number of benzene rings is 2. The molecule has 0 aromatic heterocycles. The fourth-order valence-corrected chi connectivity index (χ4v) is 4.57. The molecule has 1 spiro atoms. The summed E-state index contributed by atoms with van der Waals surface area (Å²) in [6.07, 6.45) is 3.39. The van der Waals surface area contributed by atoms with Gasteiger partial charge in [0.2, 0.25) is 0 Å². The molecule has 2 aromatic carbocycles. The van der Waals surface area contributed by atoms with Gasteiger partial charge in [0, 0.05) is 30.8 Å². The van der Waals surface area contributed by atoms with E-state index in [1.54, 1.807) is 24.3 Å². The van der Waals surface area contributed by atoms with Gasteiger partial charge >= 0.3 is 0 Å². The molecule has 0 radical (unpaired) electrons. The zero-order valence-electron chi connectivity index (χ0n) is 19.2. The Kier molecular flexibility index (Phi) is 6.98. The highest BCUT2D eigenvalue weighted by Gasteiger charge is 2.43. The maximum Gasteiger partial charge on any atom is 0.253 e. The van der Waals surface area contributed by atoms with Gasteiger partial charge < -0.3 is 19.7 Å². The lowest BCUT2D eigenvalue weighted by molar-refractivity contribution is -0.0712. The average Bonchev–Trinajstić information content (AvgIpc) is 3.20. The fourth-order valence-electron chi connectivity index (χ4n) is 4.57. The second-order valence-electron chi connectivity index (χ2n) is 9.16. The number of ether oxygens (including phenoxy) is 2. The molecule has 0 aliphatic carbocycles. The Morgan fingerprint density at radius 2 is 1.70 bits per heavy atom. The summed E-state index contributed by atoms with van der Waals surface area (Å²) in [5.74, 6) is 0.192. The van der Waals surface area contributed by atoms with E-state index in [9.17, 15) is 14.0 Å². The predicted molar refractivity (Wildman–Crippen MR) is 123 cm³/mol. The molecule has 2 amide bonds. The van der Waals surface area contributed by atoms with Crippen molar-refractivity contribution in [3.63, 3.8) is 0 Å². The van der Waals surface area contributed by atoms with Gasteiger partial charge in [0.25, 0.3) is 11.8 Å². The van der Waals surface area contributed by atoms with E-state index in [4.69, 9.17) is 9.47 Å². The van der Waals surface area contributed by atoms with Crippen LogP contribution in [0.15, 0.2) is 48.5 Å². The van der Waals surface area contributed by atoms with Crippen LogP contribution in [-0.2, 0) is 4.74 Å². The molecule has 4 rings (SSSR count). The van der Waals surface area contributed by atoms with Crippen LogP contribution >= 0.6 is 0 Å². The third kappa shape index (κ3) is 5.71. The number of rotatable bonds is 6. The third-order valence-electron chi connectivity index (χ3n) is 6.37. The first-order valence-corrected chi connectivity index (χ1v) is 11.6. The van der Waals surface area contributed by atoms with Crippen molar-refractivity contribution in [2.45, 2.75) is 57.3 Å². The summed E-state index contributed by atoms with van der Waals surface area (Å²) in [6.45, 7) is 5.60. The largest absolute Gasteiger partial charge is 0.491 e. The maximum atomic E-state index is 13.1. The van der Waals surface area contributed by atoms with E-state index in [0.717, 1.165) is 31.4 Å². The van der Waals surface area contributed by atoms with Gasteiger partial charge in [0.15, 0.2) is 0 Å². The SMILES string of the molecule is CC(C)Oc1ccc(C(=O)NC[C@H]2CCC3(CCN(C(=O)c4ccc(F)cc4)CC3)O2)cc1. The molecule has 2 aliphatic heterocycles. The zero-order chi connectivity index (χ0) is 23.4. The van der Waals surface area contributed by atoms with Crippen molar-refractivity contribution < 1.29 is 23.5 Å². The number of hydrogen-bond acceptors (Lipinski definition) is 4. The van der Waals surface area contributed by atoms with E-state index < -0.39 is 0 Å². The Hall–Kier alpha value is -2.93. The highest BCUT2D eigenvalue weighted by atomic mass is 19.1. The van der Waals surface area contributed by atoms with Gasteiger partial charge in [0.05, 0.1) is 17.8 Å². The summed E-state index contributed by atoms with van der Waals surface area (Å²) in [5, 5.41) is 2.98. The van der Waals surface area contributed by atoms with Gasteiger partial charge in [-0.3, -0.25) is 9.59 Å². The molecule has 1 N–H and O–H groups in total. The lowest BCUT2D eigenvalue weighted by atomic mass is 9.88. The number of hydrogen-bond donors (Lipinski definition) is 1. The van der Waals surface area contributed by atoms with Crippen molar-refractivity contribution in [2.24, 2.45) is 0 Å². The van der Waals surface area contributed by atoms with Crippen LogP contribution in [0.3, 0.4) is 0 Å². The Balaban J connectivity index is 1.24. The van der Waals surface area contributed by atoms with Gasteiger partial charge in [-0.1, -0.05) is 0 Å². The Labute approximate surface area is 194 Å². The molecule has 0 saturated carbocycles. The first-order chi connectivity index (χ1) is 15.8. The maximum absolute atomic E-state index is 13.1. The van der Waals surface area contributed by atoms with Gasteiger partial charge in [-0.05, 0) is 88.1 Å². The van der Waals surface area contributed by atoms with E-state index in [0.29, 0.717) is 30.8 Å². The van der Waals surface area contributed by atoms with Crippen LogP contribution in [-0.4, -0.2) is 54.2 Å². The molecule has 0 bridgehead atoms. The minimum Gasteiger partial charge on any atom is -0.491 e. The number of amides is 2. The molecule has 7 heteroatoms. The van der Waals surface area contributed by atoms with E-state index >= 15 is 0 Å². The van der Waals surface area contributed by atoms with Crippen LogP contribution in [0.5, 0.6) is 5.75 Å². The standard InChI is InChI=1S/C26H31FN2O4/c1-18(2)32-22-9-5-19(6-10-22)24(30)28-17-23-11-12-26(33-23)13-15-29(16-14-26)25(31)20-3-7-21(27)8-4-20/h3-10,18,23H,11-17H2,1-2H3,(H,28,30)/t23-/m1/s1. The van der Waals surface area contributed by atoms with E-state index in [2.05, 4.69) is 5.32 Å². The normalized spacial score (nSPS) is 19.6. The van der Waals surface area contributed by atoms with E-state index in [-0.39, 0.29) is 35.4 Å². The van der Waals surface area contributed by atoms with Crippen molar-refractivity contribution >= 4 is 11.8 Å². The number of carbonyl (C=O) groups excluding carboxylic acids is 2. The monoisotopic (exact) mass is 454 g/mol. The number of nitrogens with one attached hydrogen (secondary N) is 1. The van der Waals surface area contributed by atoms with Crippen molar-refractivity contribution in [3.05, 3.63) is 65.5 Å². The van der Waals surface area contributed by atoms with Crippen LogP contribution in [0.25, 0.3) is 0 Å². The molecular weight excluding hydrogens is 423 g/mol. The van der Waals surface area contributed by atoms with E-state index in [1.165, 1.54) is 24.3 Å². The Morgan fingerprint density at radius 1 is 1.06 bits per heavy atom. The fraction of sp³-hybridized carbons (Fsp3) is 0.462. The molecule has 2 saturated heterocycles. The van der Waals surface area contributed by atoms with Crippen LogP contribution in [0.4, 0.5) is 4.39 Å². The zero-order valence-corrected chi connectivity index (χ0v) is 19.2. The molecule has 6 nitrogen and oxygen atoms in total. The summed E-state index contributed by atoms with van der Waals surface area (Å²) < 4.78 is 25.1. The highest BCUT2D eigenvalue weighted by molar-refractivity contribution is 5.94. The van der Waals surface area contributed by atoms with Crippen molar-refractivity contribution in [3.8, 4) is 5.75 Å². The summed E-state index contributed by atoms with van der Waals surface area (Å²) in [4.78, 5) is 27.0. The molecule has 2 aromatic rings. The molecule has 2 aliphatic rings. The topological polar surface area (TPSA) is 67.9 Å². The summed E-state index contributed by atoms with van der Waals surface area (Å²) in [7, 11) is 0. The molecule has 1 atom stereocenters. The average molecular weight is 455 g/mol. The van der Waals surface area contributed by atoms with Crippen LogP contribution in [0.1, 0.15) is 60.2 Å². The predicted octanol–water partition coefficient (Wildman–Crippen LogP) is 4.20.